The molecule has 4 aromatic rings. The molecular weight excluding hydrogens is 490 g/mol. The molecule has 40 heavy (non-hydrogen) atoms. The first-order valence-corrected chi connectivity index (χ1v) is 15.2. The number of nitrogens with one attached hydrogen (secondary N) is 1. The summed E-state index contributed by atoms with van der Waals surface area (Å²) in [6, 6.07) is 28.3. The number of nitrogens with zero attached hydrogens (tertiary/aromatic N) is 2. The fraction of sp³-hybridized carbons (Fsp3) is 0.417. The summed E-state index contributed by atoms with van der Waals surface area (Å²) in [5.41, 5.74) is 6.39. The van der Waals surface area contributed by atoms with Crippen LogP contribution in [-0.4, -0.2) is 41.1 Å². The lowest BCUT2D eigenvalue weighted by molar-refractivity contribution is -0.122. The number of fused-ring (bicyclic) bond motifs is 1. The molecule has 0 aliphatic rings. The molecule has 0 unspecified atom stereocenters. The quantitative estimate of drug-likeness (QED) is 0.168. The highest BCUT2D eigenvalue weighted by atomic mass is 16.1. The lowest BCUT2D eigenvalue weighted by Crippen LogP contribution is -2.34. The van der Waals surface area contributed by atoms with Crippen molar-refractivity contribution >= 4 is 16.8 Å². The average molecular weight is 538 g/mol. The third kappa shape index (κ3) is 8.32. The third-order valence-electron chi connectivity index (χ3n) is 8.20. The predicted molar refractivity (Wildman–Crippen MR) is 169 cm³/mol. The molecule has 0 saturated heterocycles. The number of carbonyl (C=O) groups excluding carboxylic acids is 1. The van der Waals surface area contributed by atoms with E-state index in [0.29, 0.717) is 6.42 Å². The number of amides is 1. The van der Waals surface area contributed by atoms with Crippen molar-refractivity contribution in [3.63, 3.8) is 0 Å². The SMILES string of the molecule is CCN(CC)CCC[C@H](C)NC(=O)C[C@H](CCc1ccccc1)c1cn(Cc2ccc(C)cc2)c2ccccc12. The smallest absolute Gasteiger partial charge is 0.220 e. The molecule has 0 radical (unpaired) electrons. The average Bonchev–Trinajstić information content (AvgIpc) is 3.33. The van der Waals surface area contributed by atoms with E-state index in [9.17, 15) is 4.79 Å². The van der Waals surface area contributed by atoms with E-state index in [1.54, 1.807) is 0 Å². The van der Waals surface area contributed by atoms with Gasteiger partial charge in [-0.15, -0.1) is 0 Å². The molecule has 4 rings (SSSR count). The van der Waals surface area contributed by atoms with E-state index in [1.807, 2.05) is 0 Å². The monoisotopic (exact) mass is 537 g/mol. The minimum absolute atomic E-state index is 0.146. The number of carbonyl (C=O) groups is 1. The molecule has 0 fully saturated rings. The van der Waals surface area contributed by atoms with Crippen molar-refractivity contribution in [2.75, 3.05) is 19.6 Å². The third-order valence-corrected chi connectivity index (χ3v) is 8.20. The van der Waals surface area contributed by atoms with Crippen molar-refractivity contribution in [2.45, 2.75) is 78.3 Å². The van der Waals surface area contributed by atoms with Crippen molar-refractivity contribution in [3.05, 3.63) is 107 Å². The van der Waals surface area contributed by atoms with Gasteiger partial charge in [-0.2, -0.15) is 0 Å². The van der Waals surface area contributed by atoms with Crippen LogP contribution in [0.1, 0.15) is 74.6 Å². The fourth-order valence-corrected chi connectivity index (χ4v) is 5.77. The summed E-state index contributed by atoms with van der Waals surface area (Å²) >= 11 is 0. The van der Waals surface area contributed by atoms with Crippen LogP contribution in [0.3, 0.4) is 0 Å². The number of hydrogen-bond donors (Lipinski definition) is 1. The van der Waals surface area contributed by atoms with Gasteiger partial charge in [0.25, 0.3) is 0 Å². The Morgan fingerprint density at radius 1 is 0.875 bits per heavy atom. The molecule has 0 aliphatic carbocycles. The van der Waals surface area contributed by atoms with Crippen LogP contribution in [0.2, 0.25) is 0 Å². The predicted octanol–water partition coefficient (Wildman–Crippen LogP) is 7.73. The summed E-state index contributed by atoms with van der Waals surface area (Å²) in [6.07, 6.45) is 6.81. The first kappa shape index (κ1) is 29.6. The summed E-state index contributed by atoms with van der Waals surface area (Å²) in [7, 11) is 0. The van der Waals surface area contributed by atoms with Crippen LogP contribution in [0.4, 0.5) is 0 Å². The number of aromatic nitrogens is 1. The van der Waals surface area contributed by atoms with Gasteiger partial charge in [-0.25, -0.2) is 0 Å². The van der Waals surface area contributed by atoms with Crippen LogP contribution < -0.4 is 5.32 Å². The lowest BCUT2D eigenvalue weighted by atomic mass is 9.89. The first-order valence-electron chi connectivity index (χ1n) is 15.2. The molecule has 1 N–H and O–H groups in total. The van der Waals surface area contributed by atoms with Crippen molar-refractivity contribution in [1.82, 2.24) is 14.8 Å². The number of para-hydroxylation sites is 1. The summed E-state index contributed by atoms with van der Waals surface area (Å²) in [4.78, 5) is 15.8. The van der Waals surface area contributed by atoms with Crippen molar-refractivity contribution in [2.24, 2.45) is 0 Å². The Morgan fingerprint density at radius 2 is 1.57 bits per heavy atom. The van der Waals surface area contributed by atoms with E-state index in [4.69, 9.17) is 0 Å². The molecule has 212 valence electrons. The second-order valence-corrected chi connectivity index (χ2v) is 11.3. The van der Waals surface area contributed by atoms with Crippen LogP contribution in [0, 0.1) is 6.92 Å². The van der Waals surface area contributed by atoms with Crippen LogP contribution in [0.25, 0.3) is 10.9 Å². The molecular formula is C36H47N3O. The molecule has 3 aromatic carbocycles. The second kappa shape index (κ2) is 14.9. The highest BCUT2D eigenvalue weighted by Gasteiger charge is 2.22. The number of hydrogen-bond acceptors (Lipinski definition) is 2. The van der Waals surface area contributed by atoms with E-state index in [0.717, 1.165) is 51.9 Å². The molecule has 0 bridgehead atoms. The van der Waals surface area contributed by atoms with Gasteiger partial charge < -0.3 is 14.8 Å². The summed E-state index contributed by atoms with van der Waals surface area (Å²) in [5, 5.41) is 4.58. The zero-order valence-corrected chi connectivity index (χ0v) is 24.9. The maximum atomic E-state index is 13.4. The minimum atomic E-state index is 0.146. The Balaban J connectivity index is 1.52. The van der Waals surface area contributed by atoms with Gasteiger partial charge in [0.1, 0.15) is 0 Å². The van der Waals surface area contributed by atoms with Crippen LogP contribution in [0.15, 0.2) is 85.1 Å². The maximum absolute atomic E-state index is 13.4. The number of benzene rings is 3. The summed E-state index contributed by atoms with van der Waals surface area (Å²) < 4.78 is 2.36. The van der Waals surface area contributed by atoms with E-state index < -0.39 is 0 Å². The molecule has 1 amide bonds. The summed E-state index contributed by atoms with van der Waals surface area (Å²) in [6.45, 7) is 12.8. The standard InChI is InChI=1S/C36H47N3O/c1-5-38(6-2)24-12-13-29(4)37-36(40)25-32(23-22-30-14-8-7-9-15-30)34-27-39(35-17-11-10-16-33(34)35)26-31-20-18-28(3)19-21-31/h7-11,14-21,27,29,32H,5-6,12-13,22-26H2,1-4H3,(H,37,40)/t29-,32-/m0/s1. The van der Waals surface area contributed by atoms with Gasteiger partial charge in [0.2, 0.25) is 5.91 Å². The Kier molecular flexibility index (Phi) is 11.0. The molecule has 0 aliphatic heterocycles. The first-order chi connectivity index (χ1) is 19.5. The molecule has 0 saturated carbocycles. The molecule has 1 heterocycles. The molecule has 2 atom stereocenters. The summed E-state index contributed by atoms with van der Waals surface area (Å²) in [5.74, 6) is 0.302. The number of aryl methyl sites for hydroxylation is 2. The molecule has 4 nitrogen and oxygen atoms in total. The Labute approximate surface area is 241 Å². The van der Waals surface area contributed by atoms with Gasteiger partial charge in [0.05, 0.1) is 0 Å². The molecule has 4 heteroatoms. The van der Waals surface area contributed by atoms with Crippen molar-refractivity contribution in [1.29, 1.82) is 0 Å². The van der Waals surface area contributed by atoms with E-state index in [-0.39, 0.29) is 17.9 Å². The van der Waals surface area contributed by atoms with E-state index >= 15 is 0 Å². The van der Waals surface area contributed by atoms with Crippen molar-refractivity contribution in [3.8, 4) is 0 Å². The fourth-order valence-electron chi connectivity index (χ4n) is 5.77. The second-order valence-electron chi connectivity index (χ2n) is 11.3. The molecule has 0 spiro atoms. The minimum Gasteiger partial charge on any atom is -0.354 e. The van der Waals surface area contributed by atoms with Gasteiger partial charge in [0.15, 0.2) is 0 Å². The Hall–Kier alpha value is -3.37. The number of rotatable bonds is 15. The Bertz CT molecular complexity index is 1320. The van der Waals surface area contributed by atoms with Gasteiger partial charge in [-0.1, -0.05) is 92.2 Å². The largest absolute Gasteiger partial charge is 0.354 e. The Morgan fingerprint density at radius 3 is 2.30 bits per heavy atom. The highest BCUT2D eigenvalue weighted by molar-refractivity contribution is 5.86. The lowest BCUT2D eigenvalue weighted by Gasteiger charge is -2.21. The zero-order valence-electron chi connectivity index (χ0n) is 24.9. The zero-order chi connectivity index (χ0) is 28.3. The maximum Gasteiger partial charge on any atom is 0.220 e. The normalized spacial score (nSPS) is 13.0. The van der Waals surface area contributed by atoms with Gasteiger partial charge in [0, 0.05) is 36.1 Å². The van der Waals surface area contributed by atoms with Gasteiger partial charge in [-0.3, -0.25) is 4.79 Å². The highest BCUT2D eigenvalue weighted by Crippen LogP contribution is 2.33. The topological polar surface area (TPSA) is 37.3 Å². The van der Waals surface area contributed by atoms with E-state index in [1.165, 1.54) is 33.2 Å². The van der Waals surface area contributed by atoms with Crippen LogP contribution in [0.5, 0.6) is 0 Å². The van der Waals surface area contributed by atoms with E-state index in [2.05, 4.69) is 128 Å². The van der Waals surface area contributed by atoms with Gasteiger partial charge in [-0.05, 0) is 87.8 Å². The van der Waals surface area contributed by atoms with Crippen LogP contribution >= 0.6 is 0 Å². The van der Waals surface area contributed by atoms with Crippen LogP contribution in [-0.2, 0) is 17.8 Å². The van der Waals surface area contributed by atoms with Gasteiger partial charge >= 0.3 is 0 Å². The van der Waals surface area contributed by atoms with Crippen molar-refractivity contribution < 1.29 is 4.79 Å². The molecule has 1 aromatic heterocycles.